The van der Waals surface area contributed by atoms with Crippen LogP contribution in [0.5, 0.6) is 0 Å². The summed E-state index contributed by atoms with van der Waals surface area (Å²) in [6.07, 6.45) is 7.81. The summed E-state index contributed by atoms with van der Waals surface area (Å²) in [4.78, 5) is 15.8. The highest BCUT2D eigenvalue weighted by molar-refractivity contribution is 5.39. The van der Waals surface area contributed by atoms with Crippen molar-refractivity contribution in [3.63, 3.8) is 0 Å². The van der Waals surface area contributed by atoms with E-state index in [2.05, 4.69) is 44.2 Å². The molecule has 5 heteroatoms. The molecule has 0 aromatic carbocycles. The fraction of sp³-hybridized carbons (Fsp3) is 0.526. The molecule has 1 unspecified atom stereocenters. The Morgan fingerprint density at radius 3 is 2.54 bits per heavy atom. The summed E-state index contributed by atoms with van der Waals surface area (Å²) in [7, 11) is 0. The zero-order valence-electron chi connectivity index (χ0n) is 14.9. The van der Waals surface area contributed by atoms with E-state index >= 15 is 0 Å². The van der Waals surface area contributed by atoms with Crippen LogP contribution in [0.1, 0.15) is 54.9 Å². The van der Waals surface area contributed by atoms with Gasteiger partial charge < -0.3 is 10.2 Å². The molecule has 5 nitrogen and oxygen atoms in total. The van der Waals surface area contributed by atoms with Crippen LogP contribution in [0.15, 0.2) is 24.5 Å². The summed E-state index contributed by atoms with van der Waals surface area (Å²) in [5.74, 6) is 1.93. The van der Waals surface area contributed by atoms with Gasteiger partial charge in [-0.25, -0.2) is 15.0 Å². The molecule has 0 amide bonds. The number of aryl methyl sites for hydroxylation is 2. The second-order valence-electron chi connectivity index (χ2n) is 6.63. The SMILES string of the molecule is Cc1ncc(C(C)NCc2ccc(N3CCCCC3)nc2)c(C)n1. The van der Waals surface area contributed by atoms with E-state index in [1.165, 1.54) is 24.8 Å². The Morgan fingerprint density at radius 2 is 1.88 bits per heavy atom. The molecule has 1 N–H and O–H groups in total. The van der Waals surface area contributed by atoms with Gasteiger partial charge in [0, 0.05) is 49.3 Å². The van der Waals surface area contributed by atoms with Crippen LogP contribution in [0, 0.1) is 13.8 Å². The van der Waals surface area contributed by atoms with E-state index in [0.29, 0.717) is 0 Å². The molecule has 128 valence electrons. The van der Waals surface area contributed by atoms with Crippen molar-refractivity contribution in [1.29, 1.82) is 0 Å². The molecule has 1 saturated heterocycles. The van der Waals surface area contributed by atoms with Crippen LogP contribution in [0.2, 0.25) is 0 Å². The molecular weight excluding hydrogens is 298 g/mol. The Kier molecular flexibility index (Phi) is 5.41. The van der Waals surface area contributed by atoms with E-state index in [-0.39, 0.29) is 6.04 Å². The number of rotatable bonds is 5. The molecule has 0 saturated carbocycles. The summed E-state index contributed by atoms with van der Waals surface area (Å²) in [6, 6.07) is 4.54. The fourth-order valence-corrected chi connectivity index (χ4v) is 3.23. The zero-order chi connectivity index (χ0) is 16.9. The van der Waals surface area contributed by atoms with Crippen molar-refractivity contribution in [2.45, 2.75) is 52.6 Å². The van der Waals surface area contributed by atoms with Crippen molar-refractivity contribution in [3.8, 4) is 0 Å². The van der Waals surface area contributed by atoms with E-state index < -0.39 is 0 Å². The third-order valence-corrected chi connectivity index (χ3v) is 4.71. The molecule has 2 aromatic heterocycles. The molecule has 1 aliphatic rings. The van der Waals surface area contributed by atoms with Crippen molar-refractivity contribution in [1.82, 2.24) is 20.3 Å². The molecule has 1 atom stereocenters. The quantitative estimate of drug-likeness (QED) is 0.914. The largest absolute Gasteiger partial charge is 0.357 e. The van der Waals surface area contributed by atoms with Gasteiger partial charge in [-0.3, -0.25) is 0 Å². The minimum Gasteiger partial charge on any atom is -0.357 e. The van der Waals surface area contributed by atoms with E-state index in [1.54, 1.807) is 0 Å². The first-order chi connectivity index (χ1) is 11.6. The maximum atomic E-state index is 4.64. The number of hydrogen-bond donors (Lipinski definition) is 1. The predicted octanol–water partition coefficient (Wildman–Crippen LogP) is 3.33. The Hall–Kier alpha value is -2.01. The molecule has 2 aromatic rings. The minimum atomic E-state index is 0.215. The van der Waals surface area contributed by atoms with Crippen molar-refractivity contribution in [2.75, 3.05) is 18.0 Å². The second kappa shape index (κ2) is 7.71. The van der Waals surface area contributed by atoms with E-state index in [4.69, 9.17) is 0 Å². The van der Waals surface area contributed by atoms with Crippen LogP contribution < -0.4 is 10.2 Å². The Morgan fingerprint density at radius 1 is 1.08 bits per heavy atom. The van der Waals surface area contributed by atoms with Gasteiger partial charge in [-0.1, -0.05) is 6.07 Å². The molecule has 1 fully saturated rings. The summed E-state index contributed by atoms with van der Waals surface area (Å²) in [6.45, 7) is 9.17. The molecule has 0 spiro atoms. The topological polar surface area (TPSA) is 53.9 Å². The molecule has 0 radical (unpaired) electrons. The minimum absolute atomic E-state index is 0.215. The molecular formula is C19H27N5. The van der Waals surface area contributed by atoms with Crippen molar-refractivity contribution < 1.29 is 0 Å². The van der Waals surface area contributed by atoms with Gasteiger partial charge in [0.1, 0.15) is 11.6 Å². The van der Waals surface area contributed by atoms with Crippen LogP contribution in [0.4, 0.5) is 5.82 Å². The molecule has 3 heterocycles. The van der Waals surface area contributed by atoms with Crippen LogP contribution in [0.3, 0.4) is 0 Å². The van der Waals surface area contributed by atoms with E-state index in [1.807, 2.05) is 26.2 Å². The third kappa shape index (κ3) is 4.09. The van der Waals surface area contributed by atoms with Crippen molar-refractivity contribution >= 4 is 5.82 Å². The summed E-state index contributed by atoms with van der Waals surface area (Å²) < 4.78 is 0. The molecule has 0 aliphatic carbocycles. The predicted molar refractivity (Wildman–Crippen MR) is 97.1 cm³/mol. The second-order valence-corrected chi connectivity index (χ2v) is 6.63. The first-order valence-electron chi connectivity index (χ1n) is 8.87. The number of hydrogen-bond acceptors (Lipinski definition) is 5. The van der Waals surface area contributed by atoms with Gasteiger partial charge in [-0.15, -0.1) is 0 Å². The van der Waals surface area contributed by atoms with Gasteiger partial charge in [0.25, 0.3) is 0 Å². The summed E-state index contributed by atoms with van der Waals surface area (Å²) in [5.41, 5.74) is 3.40. The number of pyridine rings is 1. The average molecular weight is 325 g/mol. The first kappa shape index (κ1) is 16.8. The highest BCUT2D eigenvalue weighted by Gasteiger charge is 2.12. The number of anilines is 1. The third-order valence-electron chi connectivity index (χ3n) is 4.71. The van der Waals surface area contributed by atoms with Gasteiger partial charge >= 0.3 is 0 Å². The van der Waals surface area contributed by atoms with Gasteiger partial charge in [0.2, 0.25) is 0 Å². The first-order valence-corrected chi connectivity index (χ1v) is 8.87. The number of nitrogens with zero attached hydrogens (tertiary/aromatic N) is 4. The highest BCUT2D eigenvalue weighted by Crippen LogP contribution is 2.18. The smallest absolute Gasteiger partial charge is 0.128 e. The van der Waals surface area contributed by atoms with Crippen LogP contribution in [-0.4, -0.2) is 28.0 Å². The van der Waals surface area contributed by atoms with Crippen LogP contribution in [0.25, 0.3) is 0 Å². The molecule has 3 rings (SSSR count). The lowest BCUT2D eigenvalue weighted by molar-refractivity contribution is 0.563. The molecule has 1 aliphatic heterocycles. The van der Waals surface area contributed by atoms with Crippen LogP contribution in [-0.2, 0) is 6.54 Å². The number of aromatic nitrogens is 3. The Labute approximate surface area is 144 Å². The van der Waals surface area contributed by atoms with Gasteiger partial charge in [0.15, 0.2) is 0 Å². The number of nitrogens with one attached hydrogen (secondary N) is 1. The normalized spacial score (nSPS) is 16.2. The maximum absolute atomic E-state index is 4.64. The lowest BCUT2D eigenvalue weighted by Crippen LogP contribution is -2.30. The lowest BCUT2D eigenvalue weighted by Gasteiger charge is -2.27. The average Bonchev–Trinajstić information content (AvgIpc) is 2.61. The fourth-order valence-electron chi connectivity index (χ4n) is 3.23. The zero-order valence-corrected chi connectivity index (χ0v) is 14.9. The van der Waals surface area contributed by atoms with Gasteiger partial charge in [-0.2, -0.15) is 0 Å². The maximum Gasteiger partial charge on any atom is 0.128 e. The van der Waals surface area contributed by atoms with Crippen molar-refractivity contribution in [2.24, 2.45) is 0 Å². The summed E-state index contributed by atoms with van der Waals surface area (Å²) in [5, 5.41) is 3.54. The highest BCUT2D eigenvalue weighted by atomic mass is 15.2. The number of piperidine rings is 1. The van der Waals surface area contributed by atoms with Gasteiger partial charge in [-0.05, 0) is 51.7 Å². The molecule has 0 bridgehead atoms. The summed E-state index contributed by atoms with van der Waals surface area (Å²) >= 11 is 0. The van der Waals surface area contributed by atoms with Gasteiger partial charge in [0.05, 0.1) is 0 Å². The Balaban J connectivity index is 1.58. The van der Waals surface area contributed by atoms with Crippen molar-refractivity contribution in [3.05, 3.63) is 47.2 Å². The van der Waals surface area contributed by atoms with Crippen LogP contribution >= 0.6 is 0 Å². The molecule has 24 heavy (non-hydrogen) atoms. The monoisotopic (exact) mass is 325 g/mol. The lowest BCUT2D eigenvalue weighted by atomic mass is 10.1. The standard InChI is InChI=1S/C19H27N5/c1-14(18-13-21-16(3)23-15(18)2)20-11-17-7-8-19(22-12-17)24-9-5-4-6-10-24/h7-8,12-14,20H,4-6,9-11H2,1-3H3. The van der Waals surface area contributed by atoms with E-state index in [0.717, 1.165) is 42.5 Å². The Bertz CT molecular complexity index is 662. The van der Waals surface area contributed by atoms with E-state index in [9.17, 15) is 0 Å².